The first kappa shape index (κ1) is 13.5. The molecule has 0 aromatic carbocycles. The highest BCUT2D eigenvalue weighted by Crippen LogP contribution is 2.30. The number of piperazine rings is 1. The number of nitrogens with one attached hydrogen (secondary N) is 1. The molecule has 1 atom stereocenters. The predicted molar refractivity (Wildman–Crippen MR) is 75.6 cm³/mol. The number of nitrogens with zero attached hydrogens (tertiary/aromatic N) is 2. The molecule has 1 aromatic rings. The van der Waals surface area contributed by atoms with Crippen LogP contribution in [0, 0.1) is 5.92 Å². The second-order valence-electron chi connectivity index (χ2n) is 5.37. The molecule has 0 aliphatic carbocycles. The van der Waals surface area contributed by atoms with Crippen LogP contribution in [0.2, 0.25) is 0 Å². The number of aryl methyl sites for hydroxylation is 1. The van der Waals surface area contributed by atoms with Crippen molar-refractivity contribution < 1.29 is 0 Å². The summed E-state index contributed by atoms with van der Waals surface area (Å²) in [6, 6.07) is 4.85. The van der Waals surface area contributed by atoms with Crippen LogP contribution < -0.4 is 5.32 Å². The molecule has 0 spiro atoms. The summed E-state index contributed by atoms with van der Waals surface area (Å²) in [4.78, 5) is 7.16. The Morgan fingerprint density at radius 1 is 1.33 bits per heavy atom. The van der Waals surface area contributed by atoms with Gasteiger partial charge in [-0.25, -0.2) is 0 Å². The molecule has 3 heteroatoms. The van der Waals surface area contributed by atoms with Gasteiger partial charge in [0.15, 0.2) is 0 Å². The maximum atomic E-state index is 4.55. The quantitative estimate of drug-likeness (QED) is 0.884. The molecule has 1 fully saturated rings. The molecule has 2 heterocycles. The first-order chi connectivity index (χ1) is 8.74. The monoisotopic (exact) mass is 247 g/mol. The molecule has 0 saturated carbocycles. The standard InChI is InChI=1S/C15H25N3/c1-4-14-13(6-5-7-17-14)15(12(2)3)18-10-8-16-9-11-18/h5-7,12,15-16H,4,8-11H2,1-3H3. The zero-order chi connectivity index (χ0) is 13.0. The summed E-state index contributed by atoms with van der Waals surface area (Å²) in [5.74, 6) is 0.623. The van der Waals surface area contributed by atoms with E-state index in [0.29, 0.717) is 12.0 Å². The van der Waals surface area contributed by atoms with Crippen molar-refractivity contribution in [2.24, 2.45) is 5.92 Å². The predicted octanol–water partition coefficient (Wildman–Crippen LogP) is 2.25. The van der Waals surface area contributed by atoms with E-state index in [-0.39, 0.29) is 0 Å². The fourth-order valence-electron chi connectivity index (χ4n) is 2.95. The second kappa shape index (κ2) is 6.30. The van der Waals surface area contributed by atoms with Gasteiger partial charge in [0.1, 0.15) is 0 Å². The molecule has 1 aliphatic heterocycles. The lowest BCUT2D eigenvalue weighted by Gasteiger charge is -2.38. The van der Waals surface area contributed by atoms with Crippen LogP contribution in [0.15, 0.2) is 18.3 Å². The van der Waals surface area contributed by atoms with Gasteiger partial charge in [-0.15, -0.1) is 0 Å². The molecule has 100 valence electrons. The molecular formula is C15H25N3. The molecule has 1 aromatic heterocycles. The molecule has 1 saturated heterocycles. The largest absolute Gasteiger partial charge is 0.314 e. The fraction of sp³-hybridized carbons (Fsp3) is 0.667. The maximum Gasteiger partial charge on any atom is 0.0448 e. The van der Waals surface area contributed by atoms with Gasteiger partial charge in [0.2, 0.25) is 0 Å². The van der Waals surface area contributed by atoms with Crippen molar-refractivity contribution in [3.63, 3.8) is 0 Å². The summed E-state index contributed by atoms with van der Waals surface area (Å²) in [6.07, 6.45) is 2.93. The minimum atomic E-state index is 0.510. The Morgan fingerprint density at radius 2 is 2.06 bits per heavy atom. The van der Waals surface area contributed by atoms with Crippen LogP contribution in [0.3, 0.4) is 0 Å². The summed E-state index contributed by atoms with van der Waals surface area (Å²) < 4.78 is 0. The summed E-state index contributed by atoms with van der Waals surface area (Å²) in [5, 5.41) is 3.43. The number of rotatable bonds is 4. The Morgan fingerprint density at radius 3 is 2.67 bits per heavy atom. The van der Waals surface area contributed by atoms with Gasteiger partial charge < -0.3 is 5.32 Å². The van der Waals surface area contributed by atoms with Crippen molar-refractivity contribution in [2.45, 2.75) is 33.2 Å². The van der Waals surface area contributed by atoms with Crippen LogP contribution in [0.25, 0.3) is 0 Å². The molecule has 18 heavy (non-hydrogen) atoms. The third kappa shape index (κ3) is 2.90. The van der Waals surface area contributed by atoms with Crippen molar-refractivity contribution >= 4 is 0 Å². The van der Waals surface area contributed by atoms with E-state index in [1.165, 1.54) is 11.3 Å². The molecule has 0 radical (unpaired) electrons. The Bertz CT molecular complexity index is 370. The average molecular weight is 247 g/mol. The van der Waals surface area contributed by atoms with E-state index in [0.717, 1.165) is 32.6 Å². The molecule has 1 unspecified atom stereocenters. The Labute approximate surface area is 111 Å². The van der Waals surface area contributed by atoms with Gasteiger partial charge in [-0.1, -0.05) is 26.8 Å². The summed E-state index contributed by atoms with van der Waals surface area (Å²) in [5.41, 5.74) is 2.69. The molecule has 0 amide bonds. The fourth-order valence-corrected chi connectivity index (χ4v) is 2.95. The first-order valence-corrected chi connectivity index (χ1v) is 7.12. The highest BCUT2D eigenvalue weighted by molar-refractivity contribution is 5.24. The molecule has 1 aliphatic rings. The SMILES string of the molecule is CCc1ncccc1C(C(C)C)N1CCNCC1. The molecule has 0 bridgehead atoms. The smallest absolute Gasteiger partial charge is 0.0448 e. The Hall–Kier alpha value is -0.930. The highest BCUT2D eigenvalue weighted by atomic mass is 15.2. The zero-order valence-electron chi connectivity index (χ0n) is 11.8. The van der Waals surface area contributed by atoms with Gasteiger partial charge >= 0.3 is 0 Å². The molecule has 3 nitrogen and oxygen atoms in total. The van der Waals surface area contributed by atoms with Crippen molar-refractivity contribution in [2.75, 3.05) is 26.2 Å². The lowest BCUT2D eigenvalue weighted by atomic mass is 9.92. The van der Waals surface area contributed by atoms with Crippen LogP contribution in [-0.2, 0) is 6.42 Å². The van der Waals surface area contributed by atoms with Gasteiger partial charge in [-0.3, -0.25) is 9.88 Å². The molecular weight excluding hydrogens is 222 g/mol. The van der Waals surface area contributed by atoms with Crippen molar-refractivity contribution in [1.82, 2.24) is 15.2 Å². The van der Waals surface area contributed by atoms with Crippen LogP contribution in [0.5, 0.6) is 0 Å². The zero-order valence-corrected chi connectivity index (χ0v) is 11.8. The number of aromatic nitrogens is 1. The lowest BCUT2D eigenvalue weighted by molar-refractivity contribution is 0.136. The van der Waals surface area contributed by atoms with E-state index in [2.05, 4.69) is 48.1 Å². The van der Waals surface area contributed by atoms with Gasteiger partial charge in [0, 0.05) is 44.1 Å². The van der Waals surface area contributed by atoms with Crippen molar-refractivity contribution in [3.05, 3.63) is 29.6 Å². The Balaban J connectivity index is 2.28. The third-order valence-corrected chi connectivity index (χ3v) is 3.76. The van der Waals surface area contributed by atoms with Gasteiger partial charge in [0.05, 0.1) is 0 Å². The average Bonchev–Trinajstić information content (AvgIpc) is 2.40. The van der Waals surface area contributed by atoms with E-state index in [9.17, 15) is 0 Å². The maximum absolute atomic E-state index is 4.55. The van der Waals surface area contributed by atoms with E-state index in [1.807, 2.05) is 6.20 Å². The van der Waals surface area contributed by atoms with Crippen LogP contribution >= 0.6 is 0 Å². The Kier molecular flexibility index (Phi) is 4.72. The van der Waals surface area contributed by atoms with Gasteiger partial charge in [0.25, 0.3) is 0 Å². The number of pyridine rings is 1. The number of hydrogen-bond acceptors (Lipinski definition) is 3. The second-order valence-corrected chi connectivity index (χ2v) is 5.37. The van der Waals surface area contributed by atoms with Gasteiger partial charge in [-0.2, -0.15) is 0 Å². The summed E-state index contributed by atoms with van der Waals surface area (Å²) >= 11 is 0. The van der Waals surface area contributed by atoms with Crippen LogP contribution in [0.1, 0.15) is 38.1 Å². The van der Waals surface area contributed by atoms with Gasteiger partial charge in [-0.05, 0) is 24.0 Å². The third-order valence-electron chi connectivity index (χ3n) is 3.76. The molecule has 2 rings (SSSR count). The first-order valence-electron chi connectivity index (χ1n) is 7.12. The minimum absolute atomic E-state index is 0.510. The van der Waals surface area contributed by atoms with Crippen LogP contribution in [0.4, 0.5) is 0 Å². The van der Waals surface area contributed by atoms with Crippen molar-refractivity contribution in [3.8, 4) is 0 Å². The lowest BCUT2D eigenvalue weighted by Crippen LogP contribution is -2.46. The van der Waals surface area contributed by atoms with Crippen molar-refractivity contribution in [1.29, 1.82) is 0 Å². The van der Waals surface area contributed by atoms with E-state index < -0.39 is 0 Å². The topological polar surface area (TPSA) is 28.2 Å². The number of hydrogen-bond donors (Lipinski definition) is 1. The minimum Gasteiger partial charge on any atom is -0.314 e. The van der Waals surface area contributed by atoms with E-state index >= 15 is 0 Å². The van der Waals surface area contributed by atoms with E-state index in [4.69, 9.17) is 0 Å². The summed E-state index contributed by atoms with van der Waals surface area (Å²) in [6.45, 7) is 11.3. The van der Waals surface area contributed by atoms with Crippen LogP contribution in [-0.4, -0.2) is 36.1 Å². The normalized spacial score (nSPS) is 19.1. The summed E-state index contributed by atoms with van der Waals surface area (Å²) in [7, 11) is 0. The molecule has 1 N–H and O–H groups in total. The van der Waals surface area contributed by atoms with E-state index in [1.54, 1.807) is 0 Å². The highest BCUT2D eigenvalue weighted by Gasteiger charge is 2.26.